The average Bonchev–Trinajstić information content (AvgIpc) is 3.35. The maximum absolute atomic E-state index is 12.3. The molecule has 0 aliphatic carbocycles. The molecule has 25 heavy (non-hydrogen) atoms. The number of fused-ring (bicyclic) bond motifs is 1. The van der Waals surface area contributed by atoms with Crippen molar-refractivity contribution in [2.45, 2.75) is 25.3 Å². The largest absolute Gasteiger partial charge is 0.361 e. The fourth-order valence-corrected chi connectivity index (χ4v) is 4.63. The third-order valence-corrected chi connectivity index (χ3v) is 5.95. The molecule has 1 aliphatic heterocycles. The summed E-state index contributed by atoms with van der Waals surface area (Å²) in [5, 5.41) is 6.45. The second-order valence-corrected chi connectivity index (χ2v) is 7.58. The van der Waals surface area contributed by atoms with Gasteiger partial charge in [-0.2, -0.15) is 0 Å². The number of aromatic nitrogens is 1. The van der Waals surface area contributed by atoms with Crippen LogP contribution in [0.5, 0.6) is 0 Å². The molecule has 5 heteroatoms. The minimum Gasteiger partial charge on any atom is -0.361 e. The number of nitrogens with one attached hydrogen (secondary N) is 2. The molecule has 4 rings (SSSR count). The summed E-state index contributed by atoms with van der Waals surface area (Å²) in [4.78, 5) is 19.3. The number of benzene rings is 1. The van der Waals surface area contributed by atoms with Crippen molar-refractivity contribution in [2.24, 2.45) is 0 Å². The molecule has 1 fully saturated rings. The highest BCUT2D eigenvalue weighted by Gasteiger charge is 2.27. The minimum atomic E-state index is 0.128. The zero-order chi connectivity index (χ0) is 17.1. The molecular weight excluding hydrogens is 330 g/mol. The Labute approximate surface area is 151 Å². The van der Waals surface area contributed by atoms with Crippen LogP contribution in [0, 0.1) is 0 Å². The van der Waals surface area contributed by atoms with Crippen LogP contribution < -0.4 is 5.32 Å². The molecule has 130 valence electrons. The van der Waals surface area contributed by atoms with Crippen molar-refractivity contribution in [1.29, 1.82) is 0 Å². The first-order valence-corrected chi connectivity index (χ1v) is 9.78. The van der Waals surface area contributed by atoms with Gasteiger partial charge in [0.25, 0.3) is 0 Å². The predicted molar refractivity (Wildman–Crippen MR) is 103 cm³/mol. The lowest BCUT2D eigenvalue weighted by Crippen LogP contribution is -2.37. The van der Waals surface area contributed by atoms with E-state index in [1.54, 1.807) is 11.3 Å². The second-order valence-electron chi connectivity index (χ2n) is 6.60. The summed E-state index contributed by atoms with van der Waals surface area (Å²) >= 11 is 1.79. The minimum absolute atomic E-state index is 0.128. The van der Waals surface area contributed by atoms with Crippen molar-refractivity contribution in [1.82, 2.24) is 15.2 Å². The highest BCUT2D eigenvalue weighted by atomic mass is 32.1. The average molecular weight is 353 g/mol. The number of aromatic amines is 1. The first kappa shape index (κ1) is 16.4. The van der Waals surface area contributed by atoms with Crippen LogP contribution in [-0.4, -0.2) is 35.4 Å². The molecule has 1 amide bonds. The van der Waals surface area contributed by atoms with Crippen molar-refractivity contribution >= 4 is 28.1 Å². The summed E-state index contributed by atoms with van der Waals surface area (Å²) in [7, 11) is 0. The maximum Gasteiger partial charge on any atom is 0.234 e. The SMILES string of the molecule is O=C(CN1CCC[C@@H]1c1cccs1)NCCc1c[nH]c2ccccc12. The Morgan fingerprint density at radius 1 is 1.28 bits per heavy atom. The van der Waals surface area contributed by atoms with Crippen LogP contribution in [0.2, 0.25) is 0 Å². The van der Waals surface area contributed by atoms with E-state index in [-0.39, 0.29) is 5.91 Å². The molecule has 2 aromatic heterocycles. The summed E-state index contributed by atoms with van der Waals surface area (Å²) in [5.74, 6) is 0.128. The number of hydrogen-bond donors (Lipinski definition) is 2. The summed E-state index contributed by atoms with van der Waals surface area (Å²) in [6.07, 6.45) is 5.22. The topological polar surface area (TPSA) is 48.1 Å². The number of para-hydroxylation sites is 1. The Morgan fingerprint density at radius 2 is 2.20 bits per heavy atom. The molecule has 1 atom stereocenters. The van der Waals surface area contributed by atoms with Crippen LogP contribution in [-0.2, 0) is 11.2 Å². The van der Waals surface area contributed by atoms with E-state index in [4.69, 9.17) is 0 Å². The van der Waals surface area contributed by atoms with Gasteiger partial charge < -0.3 is 10.3 Å². The van der Waals surface area contributed by atoms with Gasteiger partial charge in [-0.1, -0.05) is 24.3 Å². The van der Waals surface area contributed by atoms with Gasteiger partial charge >= 0.3 is 0 Å². The Kier molecular flexibility index (Phi) is 4.85. The smallest absolute Gasteiger partial charge is 0.234 e. The van der Waals surface area contributed by atoms with Gasteiger partial charge in [-0.15, -0.1) is 11.3 Å². The number of nitrogens with zero attached hydrogens (tertiary/aromatic N) is 1. The van der Waals surface area contributed by atoms with Gasteiger partial charge in [0, 0.05) is 34.6 Å². The third-order valence-electron chi connectivity index (χ3n) is 4.97. The number of H-pyrrole nitrogens is 1. The first-order chi connectivity index (χ1) is 12.3. The predicted octanol–water partition coefficient (Wildman–Crippen LogP) is 3.73. The maximum atomic E-state index is 12.3. The number of amides is 1. The second kappa shape index (κ2) is 7.42. The van der Waals surface area contributed by atoms with Crippen LogP contribution in [0.15, 0.2) is 48.0 Å². The fraction of sp³-hybridized carbons (Fsp3) is 0.350. The number of carbonyl (C=O) groups excluding carboxylic acids is 1. The fourth-order valence-electron chi connectivity index (χ4n) is 3.73. The van der Waals surface area contributed by atoms with Crippen molar-refractivity contribution < 1.29 is 4.79 Å². The van der Waals surface area contributed by atoms with E-state index in [1.807, 2.05) is 12.3 Å². The third kappa shape index (κ3) is 3.62. The molecule has 1 aromatic carbocycles. The van der Waals surface area contributed by atoms with E-state index in [1.165, 1.54) is 22.2 Å². The highest BCUT2D eigenvalue weighted by molar-refractivity contribution is 7.10. The Bertz CT molecular complexity index is 840. The quantitative estimate of drug-likeness (QED) is 0.709. The molecule has 0 radical (unpaired) electrons. The lowest BCUT2D eigenvalue weighted by molar-refractivity contribution is -0.122. The summed E-state index contributed by atoms with van der Waals surface area (Å²) < 4.78 is 0. The van der Waals surface area contributed by atoms with Gasteiger partial charge in [0.2, 0.25) is 5.91 Å². The highest BCUT2D eigenvalue weighted by Crippen LogP contribution is 2.33. The number of rotatable bonds is 6. The number of likely N-dealkylation sites (tertiary alicyclic amines) is 1. The van der Waals surface area contributed by atoms with Crippen LogP contribution in [0.1, 0.15) is 29.3 Å². The van der Waals surface area contributed by atoms with Gasteiger partial charge in [0.15, 0.2) is 0 Å². The van der Waals surface area contributed by atoms with E-state index in [2.05, 4.69) is 50.9 Å². The van der Waals surface area contributed by atoms with Crippen molar-refractivity contribution in [3.8, 4) is 0 Å². The van der Waals surface area contributed by atoms with Crippen LogP contribution in [0.4, 0.5) is 0 Å². The Balaban J connectivity index is 1.29. The molecule has 0 saturated carbocycles. The van der Waals surface area contributed by atoms with E-state index in [0.717, 1.165) is 24.9 Å². The molecule has 0 unspecified atom stereocenters. The van der Waals surface area contributed by atoms with Gasteiger partial charge in [-0.05, 0) is 48.9 Å². The molecule has 1 aliphatic rings. The van der Waals surface area contributed by atoms with E-state index < -0.39 is 0 Å². The molecule has 3 aromatic rings. The molecule has 2 N–H and O–H groups in total. The van der Waals surface area contributed by atoms with Crippen molar-refractivity contribution in [3.63, 3.8) is 0 Å². The Morgan fingerprint density at radius 3 is 3.08 bits per heavy atom. The van der Waals surface area contributed by atoms with Crippen LogP contribution in [0.25, 0.3) is 10.9 Å². The van der Waals surface area contributed by atoms with E-state index in [0.29, 0.717) is 19.1 Å². The monoisotopic (exact) mass is 353 g/mol. The van der Waals surface area contributed by atoms with E-state index in [9.17, 15) is 4.79 Å². The lowest BCUT2D eigenvalue weighted by atomic mass is 10.1. The van der Waals surface area contributed by atoms with Crippen LogP contribution >= 0.6 is 11.3 Å². The van der Waals surface area contributed by atoms with Crippen molar-refractivity contribution in [3.05, 3.63) is 58.4 Å². The van der Waals surface area contributed by atoms with Gasteiger partial charge in [-0.3, -0.25) is 9.69 Å². The standard InChI is InChI=1S/C20H23N3OS/c24-20(14-23-11-3-7-18(23)19-8-4-12-25-19)21-10-9-15-13-22-17-6-2-1-5-16(15)17/h1-2,4-6,8,12-13,18,22H,3,7,9-11,14H2,(H,21,24)/t18-/m1/s1. The molecule has 3 heterocycles. The number of hydrogen-bond acceptors (Lipinski definition) is 3. The van der Waals surface area contributed by atoms with E-state index >= 15 is 0 Å². The van der Waals surface area contributed by atoms with Crippen LogP contribution in [0.3, 0.4) is 0 Å². The summed E-state index contributed by atoms with van der Waals surface area (Å²) in [5.41, 5.74) is 2.41. The molecular formula is C20H23N3OS. The zero-order valence-corrected chi connectivity index (χ0v) is 15.0. The molecule has 4 nitrogen and oxygen atoms in total. The number of thiophene rings is 1. The molecule has 0 bridgehead atoms. The Hall–Kier alpha value is -2.11. The lowest BCUT2D eigenvalue weighted by Gasteiger charge is -2.22. The summed E-state index contributed by atoms with van der Waals surface area (Å²) in [6, 6.07) is 13.0. The van der Waals surface area contributed by atoms with Crippen molar-refractivity contribution in [2.75, 3.05) is 19.6 Å². The van der Waals surface area contributed by atoms with Gasteiger partial charge in [0.05, 0.1) is 6.54 Å². The number of carbonyl (C=O) groups is 1. The first-order valence-electron chi connectivity index (χ1n) is 8.90. The zero-order valence-electron chi connectivity index (χ0n) is 14.2. The van der Waals surface area contributed by atoms with Gasteiger partial charge in [-0.25, -0.2) is 0 Å². The molecule has 1 saturated heterocycles. The van der Waals surface area contributed by atoms with Gasteiger partial charge in [0.1, 0.15) is 0 Å². The normalized spacial score (nSPS) is 18.0. The molecule has 0 spiro atoms. The summed E-state index contributed by atoms with van der Waals surface area (Å²) in [6.45, 7) is 2.19.